The van der Waals surface area contributed by atoms with Gasteiger partial charge >= 0.3 is 0 Å². The van der Waals surface area contributed by atoms with Gasteiger partial charge in [0.2, 0.25) is 5.95 Å². The number of nitrogens with one attached hydrogen (secondary N) is 2. The van der Waals surface area contributed by atoms with Crippen LogP contribution in [0.25, 0.3) is 0 Å². The minimum Gasteiger partial charge on any atom is -0.370 e. The highest BCUT2D eigenvalue weighted by atomic mass is 79.9. The fourth-order valence-corrected chi connectivity index (χ4v) is 2.44. The van der Waals surface area contributed by atoms with E-state index in [0.29, 0.717) is 11.9 Å². The summed E-state index contributed by atoms with van der Waals surface area (Å²) >= 11 is 3.55. The molecule has 21 heavy (non-hydrogen) atoms. The molecule has 0 amide bonds. The van der Waals surface area contributed by atoms with E-state index in [9.17, 15) is 0 Å². The maximum Gasteiger partial charge on any atom is 0.229 e. The topological polar surface area (TPSA) is 49.8 Å². The molecule has 0 fully saturated rings. The van der Waals surface area contributed by atoms with Gasteiger partial charge in [-0.1, -0.05) is 19.9 Å². The molecule has 0 bridgehead atoms. The van der Waals surface area contributed by atoms with E-state index >= 15 is 0 Å². The van der Waals surface area contributed by atoms with Gasteiger partial charge < -0.3 is 10.6 Å². The normalized spacial score (nSPS) is 10.7. The van der Waals surface area contributed by atoms with Crippen LogP contribution in [0, 0.1) is 12.8 Å². The Morgan fingerprint density at radius 2 is 2.05 bits per heavy atom. The third-order valence-corrected chi connectivity index (χ3v) is 3.71. The zero-order chi connectivity index (χ0) is 15.2. The summed E-state index contributed by atoms with van der Waals surface area (Å²) in [4.78, 5) is 8.73. The van der Waals surface area contributed by atoms with E-state index in [1.54, 1.807) is 6.20 Å². The van der Waals surface area contributed by atoms with Crippen molar-refractivity contribution in [1.82, 2.24) is 9.97 Å². The van der Waals surface area contributed by atoms with Gasteiger partial charge in [0.15, 0.2) is 0 Å². The molecule has 2 aromatic rings. The van der Waals surface area contributed by atoms with E-state index in [2.05, 4.69) is 69.4 Å². The van der Waals surface area contributed by atoms with E-state index in [1.165, 1.54) is 5.56 Å². The van der Waals surface area contributed by atoms with Crippen LogP contribution >= 0.6 is 15.9 Å². The Bertz CT molecular complexity index is 599. The first-order valence-corrected chi connectivity index (χ1v) is 7.94. The minimum atomic E-state index is 0.592. The Morgan fingerprint density at radius 1 is 1.24 bits per heavy atom. The molecule has 1 aromatic heterocycles. The number of benzene rings is 1. The molecule has 4 nitrogen and oxygen atoms in total. The molecule has 0 unspecified atom stereocenters. The largest absolute Gasteiger partial charge is 0.370 e. The fraction of sp³-hybridized carbons (Fsp3) is 0.375. The fourth-order valence-electron chi connectivity index (χ4n) is 1.85. The predicted molar refractivity (Wildman–Crippen MR) is 92.1 cm³/mol. The molecule has 2 N–H and O–H groups in total. The number of rotatable bonds is 6. The number of hydrogen-bond donors (Lipinski definition) is 2. The molecule has 2 rings (SSSR count). The Balaban J connectivity index is 2.03. The van der Waals surface area contributed by atoms with Crippen molar-refractivity contribution in [3.05, 3.63) is 40.5 Å². The van der Waals surface area contributed by atoms with Crippen LogP contribution in [0.15, 0.2) is 34.9 Å². The summed E-state index contributed by atoms with van der Waals surface area (Å²) in [5, 5.41) is 6.55. The van der Waals surface area contributed by atoms with Crippen LogP contribution in [0.3, 0.4) is 0 Å². The van der Waals surface area contributed by atoms with E-state index in [4.69, 9.17) is 0 Å². The Morgan fingerprint density at radius 3 is 2.76 bits per heavy atom. The zero-order valence-corrected chi connectivity index (χ0v) is 14.2. The molecular formula is C16H21BrN4. The molecule has 1 aromatic carbocycles. The summed E-state index contributed by atoms with van der Waals surface area (Å²) in [6, 6.07) is 8.02. The summed E-state index contributed by atoms with van der Waals surface area (Å²) in [6.07, 6.45) is 2.88. The maximum absolute atomic E-state index is 4.47. The molecule has 0 radical (unpaired) electrons. The van der Waals surface area contributed by atoms with Gasteiger partial charge in [-0.05, 0) is 59.0 Å². The van der Waals surface area contributed by atoms with E-state index in [-0.39, 0.29) is 0 Å². The second-order valence-electron chi connectivity index (χ2n) is 5.48. The highest BCUT2D eigenvalue weighted by Crippen LogP contribution is 2.25. The maximum atomic E-state index is 4.47. The van der Waals surface area contributed by atoms with Crippen molar-refractivity contribution < 1.29 is 0 Å². The second kappa shape index (κ2) is 7.41. The lowest BCUT2D eigenvalue weighted by Crippen LogP contribution is -2.07. The average molecular weight is 349 g/mol. The van der Waals surface area contributed by atoms with Crippen LogP contribution in [0.5, 0.6) is 0 Å². The Hall–Kier alpha value is -1.62. The lowest BCUT2D eigenvalue weighted by atomic mass is 10.1. The van der Waals surface area contributed by atoms with Crippen LogP contribution in [0.1, 0.15) is 25.8 Å². The first-order chi connectivity index (χ1) is 10.0. The summed E-state index contributed by atoms with van der Waals surface area (Å²) < 4.78 is 1.00. The third-order valence-electron chi connectivity index (χ3n) is 3.05. The molecule has 0 aliphatic heterocycles. The molecular weight excluding hydrogens is 328 g/mol. The third kappa shape index (κ3) is 5.01. The van der Waals surface area contributed by atoms with Gasteiger partial charge in [0.25, 0.3) is 0 Å². The predicted octanol–water partition coefficient (Wildman–Crippen LogP) is 4.75. The summed E-state index contributed by atoms with van der Waals surface area (Å²) in [7, 11) is 0. The number of hydrogen-bond acceptors (Lipinski definition) is 4. The van der Waals surface area contributed by atoms with Crippen LogP contribution in [0.2, 0.25) is 0 Å². The van der Waals surface area contributed by atoms with Crippen LogP contribution in [0.4, 0.5) is 17.5 Å². The van der Waals surface area contributed by atoms with Gasteiger partial charge in [-0.2, -0.15) is 4.98 Å². The van der Waals surface area contributed by atoms with Gasteiger partial charge in [0.1, 0.15) is 5.82 Å². The highest BCUT2D eigenvalue weighted by Gasteiger charge is 2.04. The van der Waals surface area contributed by atoms with Gasteiger partial charge in [0, 0.05) is 17.2 Å². The standard InChI is InChI=1S/C16H21BrN4/c1-11(2)6-8-18-15-7-9-19-16(21-15)20-14-5-4-12(3)10-13(14)17/h4-5,7,9-11H,6,8H2,1-3H3,(H2,18,19,20,21). The number of halogens is 1. The SMILES string of the molecule is Cc1ccc(Nc2nccc(NCCC(C)C)n2)c(Br)c1. The van der Waals surface area contributed by atoms with Gasteiger partial charge in [0.05, 0.1) is 5.69 Å². The molecule has 0 aliphatic rings. The quantitative estimate of drug-likeness (QED) is 0.790. The summed E-state index contributed by atoms with van der Waals surface area (Å²) in [5.41, 5.74) is 2.16. The van der Waals surface area contributed by atoms with Crippen LogP contribution < -0.4 is 10.6 Å². The molecule has 112 valence electrons. The van der Waals surface area contributed by atoms with Crippen molar-refractivity contribution in [1.29, 1.82) is 0 Å². The molecule has 1 heterocycles. The molecule has 0 spiro atoms. The zero-order valence-electron chi connectivity index (χ0n) is 12.7. The monoisotopic (exact) mass is 348 g/mol. The summed E-state index contributed by atoms with van der Waals surface area (Å²) in [6.45, 7) is 7.40. The van der Waals surface area contributed by atoms with Crippen molar-refractivity contribution in [3.63, 3.8) is 0 Å². The molecule has 0 saturated heterocycles. The Kier molecular flexibility index (Phi) is 5.56. The first-order valence-electron chi connectivity index (χ1n) is 7.14. The van der Waals surface area contributed by atoms with Crippen LogP contribution in [-0.4, -0.2) is 16.5 Å². The first kappa shape index (κ1) is 15.8. The van der Waals surface area contributed by atoms with Crippen molar-refractivity contribution >= 4 is 33.4 Å². The van der Waals surface area contributed by atoms with Crippen molar-refractivity contribution in [3.8, 4) is 0 Å². The van der Waals surface area contributed by atoms with Crippen LogP contribution in [-0.2, 0) is 0 Å². The van der Waals surface area contributed by atoms with E-state index in [1.807, 2.05) is 12.1 Å². The molecule has 0 atom stereocenters. The van der Waals surface area contributed by atoms with Gasteiger partial charge in [-0.25, -0.2) is 4.98 Å². The summed E-state index contributed by atoms with van der Waals surface area (Å²) in [5.74, 6) is 2.12. The molecule has 0 aliphatic carbocycles. The van der Waals surface area contributed by atoms with Crippen molar-refractivity contribution in [2.45, 2.75) is 27.2 Å². The number of aryl methyl sites for hydroxylation is 1. The average Bonchev–Trinajstić information content (AvgIpc) is 2.42. The lowest BCUT2D eigenvalue weighted by molar-refractivity contribution is 0.606. The second-order valence-corrected chi connectivity index (χ2v) is 6.34. The van der Waals surface area contributed by atoms with E-state index in [0.717, 1.165) is 28.9 Å². The number of aromatic nitrogens is 2. The highest BCUT2D eigenvalue weighted by molar-refractivity contribution is 9.10. The number of nitrogens with zero attached hydrogens (tertiary/aromatic N) is 2. The molecule has 0 saturated carbocycles. The lowest BCUT2D eigenvalue weighted by Gasteiger charge is -2.10. The minimum absolute atomic E-state index is 0.592. The van der Waals surface area contributed by atoms with Crippen molar-refractivity contribution in [2.75, 3.05) is 17.2 Å². The Labute approximate surface area is 134 Å². The number of anilines is 3. The van der Waals surface area contributed by atoms with Gasteiger partial charge in [-0.3, -0.25) is 0 Å². The van der Waals surface area contributed by atoms with E-state index < -0.39 is 0 Å². The smallest absolute Gasteiger partial charge is 0.229 e. The van der Waals surface area contributed by atoms with Crippen molar-refractivity contribution in [2.24, 2.45) is 5.92 Å². The van der Waals surface area contributed by atoms with Gasteiger partial charge in [-0.15, -0.1) is 0 Å². The molecule has 5 heteroatoms.